The van der Waals surface area contributed by atoms with Gasteiger partial charge in [0.15, 0.2) is 0 Å². The van der Waals surface area contributed by atoms with E-state index in [2.05, 4.69) is 5.32 Å². The molecule has 5 N–H and O–H groups in total. The Hall–Kier alpha value is -1.71. The second-order valence-electron chi connectivity index (χ2n) is 5.69. The third-order valence-electron chi connectivity index (χ3n) is 3.81. The molecule has 1 aliphatic heterocycles. The Labute approximate surface area is 139 Å². The Morgan fingerprint density at radius 3 is 2.42 bits per heavy atom. The predicted molar refractivity (Wildman–Crippen MR) is 83.2 cm³/mol. The summed E-state index contributed by atoms with van der Waals surface area (Å²) in [5.41, 5.74) is 0.991. The molecule has 24 heavy (non-hydrogen) atoms. The zero-order valence-electron chi connectivity index (χ0n) is 13.3. The Morgan fingerprint density at radius 1 is 1.17 bits per heavy atom. The van der Waals surface area contributed by atoms with Crippen LogP contribution >= 0.6 is 0 Å². The molecular weight excluding hydrogens is 318 g/mol. The van der Waals surface area contributed by atoms with Gasteiger partial charge in [0.05, 0.1) is 6.61 Å². The van der Waals surface area contributed by atoms with Crippen LogP contribution in [0.4, 0.5) is 0 Å². The zero-order chi connectivity index (χ0) is 17.7. The third-order valence-corrected chi connectivity index (χ3v) is 3.81. The predicted octanol–water partition coefficient (Wildman–Crippen LogP) is -1.46. The summed E-state index contributed by atoms with van der Waals surface area (Å²) in [7, 11) is 0. The molecule has 1 heterocycles. The van der Waals surface area contributed by atoms with Gasteiger partial charge in [0, 0.05) is 13.5 Å². The molecule has 0 bridgehead atoms. The van der Waals surface area contributed by atoms with Crippen molar-refractivity contribution in [2.45, 2.75) is 44.1 Å². The van der Waals surface area contributed by atoms with E-state index in [0.29, 0.717) is 18.7 Å². The maximum absolute atomic E-state index is 10.8. The van der Waals surface area contributed by atoms with Crippen LogP contribution in [-0.4, -0.2) is 70.2 Å². The summed E-state index contributed by atoms with van der Waals surface area (Å²) < 4.78 is 10.8. The lowest BCUT2D eigenvalue weighted by atomic mass is 9.99. The molecule has 8 nitrogen and oxygen atoms in total. The van der Waals surface area contributed by atoms with Crippen molar-refractivity contribution in [2.75, 3.05) is 13.2 Å². The van der Waals surface area contributed by atoms with Crippen molar-refractivity contribution < 1.29 is 34.7 Å². The summed E-state index contributed by atoms with van der Waals surface area (Å²) in [5.74, 6) is 0.320. The van der Waals surface area contributed by atoms with E-state index in [1.807, 2.05) is 0 Å². The van der Waals surface area contributed by atoms with Gasteiger partial charge >= 0.3 is 0 Å². The van der Waals surface area contributed by atoms with Crippen LogP contribution in [0.1, 0.15) is 12.5 Å². The first-order valence-corrected chi connectivity index (χ1v) is 7.73. The number of ether oxygens (including phenoxy) is 2. The number of hydrogen-bond donors (Lipinski definition) is 5. The summed E-state index contributed by atoms with van der Waals surface area (Å²) in [6, 6.07) is 6.96. The molecule has 1 saturated heterocycles. The SMILES string of the molecule is CC(=O)NCCc1ccc(O[C@H]2OC(CO)[C@H](O)C(O)C2O)cc1. The minimum atomic E-state index is -1.47. The minimum Gasteiger partial charge on any atom is -0.462 e. The molecule has 0 saturated carbocycles. The van der Waals surface area contributed by atoms with Crippen LogP contribution < -0.4 is 10.1 Å². The van der Waals surface area contributed by atoms with Crippen LogP contribution in [0.25, 0.3) is 0 Å². The molecule has 0 spiro atoms. The quantitative estimate of drug-likeness (QED) is 0.428. The Morgan fingerprint density at radius 2 is 1.83 bits per heavy atom. The van der Waals surface area contributed by atoms with E-state index in [4.69, 9.17) is 14.6 Å². The molecule has 134 valence electrons. The molecule has 8 heteroatoms. The largest absolute Gasteiger partial charge is 0.462 e. The van der Waals surface area contributed by atoms with Gasteiger partial charge < -0.3 is 35.2 Å². The van der Waals surface area contributed by atoms with Gasteiger partial charge in [0.1, 0.15) is 30.2 Å². The molecule has 1 aliphatic rings. The highest BCUT2D eigenvalue weighted by Gasteiger charge is 2.44. The Kier molecular flexibility index (Phi) is 6.52. The van der Waals surface area contributed by atoms with Crippen LogP contribution in [0.15, 0.2) is 24.3 Å². The molecule has 2 rings (SSSR count). The average molecular weight is 341 g/mol. The number of aliphatic hydroxyl groups is 4. The van der Waals surface area contributed by atoms with Crippen LogP contribution in [0, 0.1) is 0 Å². The van der Waals surface area contributed by atoms with Gasteiger partial charge in [0.25, 0.3) is 0 Å². The van der Waals surface area contributed by atoms with E-state index in [1.54, 1.807) is 24.3 Å². The summed E-state index contributed by atoms with van der Waals surface area (Å²) >= 11 is 0. The number of aliphatic hydroxyl groups excluding tert-OH is 4. The number of nitrogens with one attached hydrogen (secondary N) is 1. The van der Waals surface area contributed by atoms with Gasteiger partial charge in [-0.15, -0.1) is 0 Å². The topological polar surface area (TPSA) is 128 Å². The number of amides is 1. The Bertz CT molecular complexity index is 534. The number of carbonyl (C=O) groups is 1. The summed E-state index contributed by atoms with van der Waals surface area (Å²) in [6.45, 7) is 1.48. The number of hydrogen-bond acceptors (Lipinski definition) is 7. The molecule has 1 aromatic rings. The first-order chi connectivity index (χ1) is 11.4. The van der Waals surface area contributed by atoms with E-state index in [-0.39, 0.29) is 5.91 Å². The fraction of sp³-hybridized carbons (Fsp3) is 0.562. The van der Waals surface area contributed by atoms with E-state index in [1.165, 1.54) is 6.92 Å². The second kappa shape index (κ2) is 8.41. The van der Waals surface area contributed by atoms with Crippen molar-refractivity contribution in [1.82, 2.24) is 5.32 Å². The second-order valence-corrected chi connectivity index (χ2v) is 5.69. The van der Waals surface area contributed by atoms with E-state index >= 15 is 0 Å². The van der Waals surface area contributed by atoms with E-state index in [9.17, 15) is 20.1 Å². The van der Waals surface area contributed by atoms with Crippen LogP contribution in [0.5, 0.6) is 5.75 Å². The highest BCUT2D eigenvalue weighted by molar-refractivity contribution is 5.72. The van der Waals surface area contributed by atoms with Crippen LogP contribution in [0.2, 0.25) is 0 Å². The summed E-state index contributed by atoms with van der Waals surface area (Å²) in [4.78, 5) is 10.8. The number of carbonyl (C=O) groups excluding carboxylic acids is 1. The first-order valence-electron chi connectivity index (χ1n) is 7.73. The van der Waals surface area contributed by atoms with Gasteiger partial charge in [-0.2, -0.15) is 0 Å². The maximum atomic E-state index is 10.8. The van der Waals surface area contributed by atoms with Crippen molar-refractivity contribution in [2.24, 2.45) is 0 Å². The highest BCUT2D eigenvalue weighted by atomic mass is 16.7. The molecular formula is C16H23NO7. The van der Waals surface area contributed by atoms with Gasteiger partial charge in [-0.05, 0) is 24.1 Å². The van der Waals surface area contributed by atoms with Gasteiger partial charge in [-0.3, -0.25) is 4.79 Å². The molecule has 0 aliphatic carbocycles. The molecule has 3 unspecified atom stereocenters. The van der Waals surface area contributed by atoms with Gasteiger partial charge in [-0.25, -0.2) is 0 Å². The molecule has 1 amide bonds. The standard InChI is InChI=1S/C16H23NO7/c1-9(19)17-7-6-10-2-4-11(5-3-10)23-16-15(22)14(21)13(20)12(8-18)24-16/h2-5,12-16,18,20-22H,6-8H2,1H3,(H,17,19)/t12?,13-,14?,15?,16-/m0/s1. The summed E-state index contributed by atoms with van der Waals surface area (Å²) in [5, 5.41) is 41.2. The normalized spacial score (nSPS) is 30.0. The van der Waals surface area contributed by atoms with Crippen molar-refractivity contribution in [1.29, 1.82) is 0 Å². The lowest BCUT2D eigenvalue weighted by molar-refractivity contribution is -0.277. The van der Waals surface area contributed by atoms with Crippen molar-refractivity contribution >= 4 is 5.91 Å². The first kappa shape index (κ1) is 18.6. The van der Waals surface area contributed by atoms with Crippen LogP contribution in [0.3, 0.4) is 0 Å². The van der Waals surface area contributed by atoms with E-state index < -0.39 is 37.3 Å². The Balaban J connectivity index is 1.93. The molecule has 5 atom stereocenters. The monoisotopic (exact) mass is 341 g/mol. The van der Waals surface area contributed by atoms with E-state index in [0.717, 1.165) is 5.56 Å². The van der Waals surface area contributed by atoms with Crippen molar-refractivity contribution in [3.8, 4) is 5.75 Å². The fourth-order valence-corrected chi connectivity index (χ4v) is 2.42. The highest BCUT2D eigenvalue weighted by Crippen LogP contribution is 2.24. The van der Waals surface area contributed by atoms with Gasteiger partial charge in [-0.1, -0.05) is 12.1 Å². The van der Waals surface area contributed by atoms with Gasteiger partial charge in [0.2, 0.25) is 12.2 Å². The third kappa shape index (κ3) is 4.65. The lowest BCUT2D eigenvalue weighted by Gasteiger charge is -2.39. The smallest absolute Gasteiger partial charge is 0.229 e. The zero-order valence-corrected chi connectivity index (χ0v) is 13.3. The molecule has 1 aromatic carbocycles. The molecule has 1 fully saturated rings. The summed E-state index contributed by atoms with van der Waals surface area (Å²) in [6.07, 6.45) is -5.88. The van der Waals surface area contributed by atoms with Crippen LogP contribution in [-0.2, 0) is 16.0 Å². The number of benzene rings is 1. The average Bonchev–Trinajstić information content (AvgIpc) is 2.56. The fourth-order valence-electron chi connectivity index (χ4n) is 2.42. The number of rotatable bonds is 6. The lowest BCUT2D eigenvalue weighted by Crippen LogP contribution is -2.60. The van der Waals surface area contributed by atoms with Crippen molar-refractivity contribution in [3.05, 3.63) is 29.8 Å². The van der Waals surface area contributed by atoms with Crippen molar-refractivity contribution in [3.63, 3.8) is 0 Å². The maximum Gasteiger partial charge on any atom is 0.229 e. The molecule has 0 aromatic heterocycles. The minimum absolute atomic E-state index is 0.0856. The molecule has 0 radical (unpaired) electrons.